The van der Waals surface area contributed by atoms with Gasteiger partial charge in [0.2, 0.25) is 12.6 Å². The Bertz CT molecular complexity index is 1850. The third-order valence-electron chi connectivity index (χ3n) is 9.10. The molecule has 3 aliphatic heterocycles. The summed E-state index contributed by atoms with van der Waals surface area (Å²) in [6.07, 6.45) is -27.6. The predicted molar refractivity (Wildman–Crippen MR) is 206 cm³/mol. The van der Waals surface area contributed by atoms with E-state index in [1.165, 1.54) is 0 Å². The average Bonchev–Trinajstić information content (AvgIpc) is 3.17. The zero-order valence-corrected chi connectivity index (χ0v) is 38.3. The smallest absolute Gasteiger partial charge is 0.303 e. The lowest BCUT2D eigenvalue weighted by Gasteiger charge is -2.50. The number of ether oxygens (including phenoxy) is 16. The molecule has 0 spiro atoms. The van der Waals surface area contributed by atoms with Crippen LogP contribution in [0.25, 0.3) is 0 Å². The van der Waals surface area contributed by atoms with Crippen LogP contribution in [-0.2, 0) is 129 Å². The summed E-state index contributed by atoms with van der Waals surface area (Å²) in [5, 5.41) is 0. The lowest BCUT2D eigenvalue weighted by Crippen LogP contribution is -2.68. The zero-order chi connectivity index (χ0) is 50.4. The molecule has 15 atom stereocenters. The Balaban J connectivity index is 2.34. The highest BCUT2D eigenvalue weighted by atomic mass is 16.8. The highest BCUT2D eigenvalue weighted by Crippen LogP contribution is 2.38. The van der Waals surface area contributed by atoms with E-state index in [-0.39, 0.29) is 0 Å². The molecule has 3 aliphatic rings. The van der Waals surface area contributed by atoms with Gasteiger partial charge in [-0.25, -0.2) is 0 Å². The summed E-state index contributed by atoms with van der Waals surface area (Å²) in [6.45, 7) is 8.57. The second kappa shape index (κ2) is 25.2. The van der Waals surface area contributed by atoms with Crippen molar-refractivity contribution in [1.29, 1.82) is 0 Å². The van der Waals surface area contributed by atoms with Gasteiger partial charge in [0.05, 0.1) is 0 Å². The Labute approximate surface area is 382 Å². The van der Waals surface area contributed by atoms with Gasteiger partial charge in [0, 0.05) is 76.2 Å². The van der Waals surface area contributed by atoms with E-state index >= 15 is 0 Å². The van der Waals surface area contributed by atoms with Crippen molar-refractivity contribution in [2.45, 2.75) is 168 Å². The van der Waals surface area contributed by atoms with Gasteiger partial charge in [0.25, 0.3) is 0 Å². The predicted octanol–water partition coefficient (Wildman–Crippen LogP) is -1.29. The quantitative estimate of drug-likeness (QED) is 0.114. The number of hydrogen-bond donors (Lipinski definition) is 0. The lowest BCUT2D eigenvalue weighted by atomic mass is 9.95. The fraction of sp³-hybridized carbons (Fsp3) is 0.725. The molecule has 0 N–H and O–H groups in total. The van der Waals surface area contributed by atoms with Crippen LogP contribution in [-0.4, -0.2) is 178 Å². The number of esters is 11. The summed E-state index contributed by atoms with van der Waals surface area (Å²) in [4.78, 5) is 137. The van der Waals surface area contributed by atoms with E-state index in [1.807, 2.05) is 0 Å². The molecule has 0 aromatic rings. The van der Waals surface area contributed by atoms with Gasteiger partial charge >= 0.3 is 65.7 Å². The molecule has 376 valence electrons. The summed E-state index contributed by atoms with van der Waals surface area (Å²) in [5.41, 5.74) is 0. The standard InChI is InChI=1S/C40H54O27/c1-15(41)52-12-26-29(55-18(4)44)32(58-21(7)47)35(60-23(9)49)38(63-26)66-34-31(57-20(6)46)28(14-54-17(3)43)65-40(37(34)62-25(11)51)67-39-36(61-24(10)50)33(59-22(8)48)30(56-19(5)45)27(64-39)13-53-16(2)42/h26-40H,12-14H2,1-11H3/t26-,27-,28-,29+,30-,31-,32+,33+,34+,35-,36-,37-,38+,39-,40-/m1/s1. The van der Waals surface area contributed by atoms with Crippen molar-refractivity contribution in [3.63, 3.8) is 0 Å². The van der Waals surface area contributed by atoms with Crippen LogP contribution in [0, 0.1) is 0 Å². The van der Waals surface area contributed by atoms with E-state index in [0.717, 1.165) is 76.2 Å². The molecule has 0 aromatic carbocycles. The molecule has 3 fully saturated rings. The van der Waals surface area contributed by atoms with Crippen LogP contribution in [0.2, 0.25) is 0 Å². The molecular weight excluding hydrogens is 912 g/mol. The normalized spacial score (nSPS) is 31.2. The molecule has 0 aliphatic carbocycles. The number of carbonyl (C=O) groups is 11. The van der Waals surface area contributed by atoms with Crippen molar-refractivity contribution in [3.05, 3.63) is 0 Å². The van der Waals surface area contributed by atoms with E-state index in [1.54, 1.807) is 0 Å². The maximum absolute atomic E-state index is 13.0. The molecular formula is C40H54O27. The minimum absolute atomic E-state index is 0.700. The second-order valence-electron chi connectivity index (χ2n) is 14.9. The van der Waals surface area contributed by atoms with Gasteiger partial charge in [-0.1, -0.05) is 0 Å². The molecule has 0 unspecified atom stereocenters. The van der Waals surface area contributed by atoms with Gasteiger partial charge in [-0.15, -0.1) is 0 Å². The van der Waals surface area contributed by atoms with E-state index in [2.05, 4.69) is 0 Å². The molecule has 27 heteroatoms. The van der Waals surface area contributed by atoms with E-state index in [9.17, 15) is 52.7 Å². The first-order valence-corrected chi connectivity index (χ1v) is 20.3. The van der Waals surface area contributed by atoms with Gasteiger partial charge < -0.3 is 75.8 Å². The summed E-state index contributed by atoms with van der Waals surface area (Å²) >= 11 is 0. The molecule has 0 aromatic heterocycles. The number of rotatable bonds is 18. The fourth-order valence-corrected chi connectivity index (χ4v) is 7.01. The summed E-state index contributed by atoms with van der Waals surface area (Å²) < 4.78 is 90.5. The monoisotopic (exact) mass is 966 g/mol. The van der Waals surface area contributed by atoms with Gasteiger partial charge in [-0.05, 0) is 0 Å². The SMILES string of the molecule is CC(=O)OC[C@H]1O[C@@H](O[C@@H]2[C@@H](OC(C)=O)[C@@H](O[C@H]3O[C@H](COC(C)=O)[C@@H](OC(C)=O)[C@H](OC(C)=O)[C@H]3OC(C)=O)O[C@H](COC(C)=O)[C@H]2OC(C)=O)[C@H](OC(C)=O)[C@@H](OC(C)=O)[C@H]1OC(C)=O. The Morgan fingerprint density at radius 3 is 0.731 bits per heavy atom. The van der Waals surface area contributed by atoms with Gasteiger partial charge in [0.15, 0.2) is 55.1 Å². The first-order valence-electron chi connectivity index (χ1n) is 20.3. The fourth-order valence-electron chi connectivity index (χ4n) is 7.01. The maximum Gasteiger partial charge on any atom is 0.303 e. The minimum atomic E-state index is -2.10. The van der Waals surface area contributed by atoms with Crippen LogP contribution >= 0.6 is 0 Å². The third kappa shape index (κ3) is 17.0. The maximum atomic E-state index is 13.0. The van der Waals surface area contributed by atoms with Crippen LogP contribution in [0.3, 0.4) is 0 Å². The van der Waals surface area contributed by atoms with Crippen molar-refractivity contribution in [3.8, 4) is 0 Å². The van der Waals surface area contributed by atoms with Gasteiger partial charge in [-0.2, -0.15) is 0 Å². The van der Waals surface area contributed by atoms with Crippen molar-refractivity contribution in [2.24, 2.45) is 0 Å². The highest BCUT2D eigenvalue weighted by molar-refractivity contribution is 5.70. The van der Waals surface area contributed by atoms with E-state index < -0.39 is 178 Å². The molecule has 0 bridgehead atoms. The van der Waals surface area contributed by atoms with Crippen molar-refractivity contribution >= 4 is 65.7 Å². The van der Waals surface area contributed by atoms with Crippen LogP contribution in [0.4, 0.5) is 0 Å². The highest BCUT2D eigenvalue weighted by Gasteiger charge is 2.60. The Morgan fingerprint density at radius 2 is 0.478 bits per heavy atom. The summed E-state index contributed by atoms with van der Waals surface area (Å²) in [5.74, 6) is -10.7. The van der Waals surface area contributed by atoms with Crippen LogP contribution in [0.1, 0.15) is 76.2 Å². The van der Waals surface area contributed by atoms with E-state index in [0.29, 0.717) is 0 Å². The minimum Gasteiger partial charge on any atom is -0.463 e. The summed E-state index contributed by atoms with van der Waals surface area (Å²) in [7, 11) is 0. The van der Waals surface area contributed by atoms with Crippen molar-refractivity contribution in [1.82, 2.24) is 0 Å². The molecule has 0 amide bonds. The molecule has 3 rings (SSSR count). The lowest BCUT2D eigenvalue weighted by molar-refractivity contribution is -0.393. The number of hydrogen-bond acceptors (Lipinski definition) is 27. The first-order chi connectivity index (χ1) is 31.3. The first kappa shape index (κ1) is 55.3. The molecule has 0 saturated carbocycles. The molecule has 3 saturated heterocycles. The third-order valence-corrected chi connectivity index (χ3v) is 9.10. The Kier molecular flexibility index (Phi) is 20.8. The Hall–Kier alpha value is -6.03. The number of carbonyl (C=O) groups excluding carboxylic acids is 11. The van der Waals surface area contributed by atoms with Gasteiger partial charge in [0.1, 0.15) is 44.2 Å². The van der Waals surface area contributed by atoms with Crippen LogP contribution in [0.5, 0.6) is 0 Å². The summed E-state index contributed by atoms with van der Waals surface area (Å²) in [6, 6.07) is 0. The van der Waals surface area contributed by atoms with Crippen molar-refractivity contribution < 1.29 is 129 Å². The largest absolute Gasteiger partial charge is 0.463 e. The second-order valence-corrected chi connectivity index (χ2v) is 14.9. The topological polar surface area (TPSA) is 335 Å². The molecule has 3 heterocycles. The molecule has 0 radical (unpaired) electrons. The van der Waals surface area contributed by atoms with Gasteiger partial charge in [-0.3, -0.25) is 52.7 Å². The van der Waals surface area contributed by atoms with E-state index in [4.69, 9.17) is 75.8 Å². The molecule has 27 nitrogen and oxygen atoms in total. The zero-order valence-electron chi connectivity index (χ0n) is 38.3. The average molecular weight is 967 g/mol. The van der Waals surface area contributed by atoms with Crippen LogP contribution in [0.15, 0.2) is 0 Å². The molecule has 67 heavy (non-hydrogen) atoms. The Morgan fingerprint density at radius 1 is 0.269 bits per heavy atom. The van der Waals surface area contributed by atoms with Crippen LogP contribution < -0.4 is 0 Å². The van der Waals surface area contributed by atoms with Crippen molar-refractivity contribution in [2.75, 3.05) is 19.8 Å².